The van der Waals surface area contributed by atoms with Gasteiger partial charge >= 0.3 is 5.97 Å². The number of aliphatic carboxylic acids is 1. The number of hydrogen-bond acceptors (Lipinski definition) is 3. The third kappa shape index (κ3) is 2.29. The van der Waals surface area contributed by atoms with Gasteiger partial charge in [0.25, 0.3) is 5.91 Å². The van der Waals surface area contributed by atoms with Crippen molar-refractivity contribution < 1.29 is 14.7 Å². The molecule has 1 amide bonds. The molecule has 0 spiro atoms. The Kier molecular flexibility index (Phi) is 2.75. The third-order valence-electron chi connectivity index (χ3n) is 2.08. The molecule has 0 aliphatic carbocycles. The van der Waals surface area contributed by atoms with E-state index in [0.29, 0.717) is 11.5 Å². The molecule has 0 saturated carbocycles. The van der Waals surface area contributed by atoms with Crippen LogP contribution in [0.2, 0.25) is 0 Å². The smallest absolute Gasteiger partial charge is 0.321 e. The van der Waals surface area contributed by atoms with E-state index in [4.69, 9.17) is 5.11 Å². The Bertz CT molecular complexity index is 375. The summed E-state index contributed by atoms with van der Waals surface area (Å²) < 4.78 is 0. The van der Waals surface area contributed by atoms with Crippen molar-refractivity contribution in [3.05, 3.63) is 0 Å². The van der Waals surface area contributed by atoms with Crippen LogP contribution in [-0.2, 0) is 9.59 Å². The normalized spacial score (nSPS) is 22.1. The summed E-state index contributed by atoms with van der Waals surface area (Å²) in [6.07, 6.45) is 0. The monoisotopic (exact) mass is 210 g/mol. The second kappa shape index (κ2) is 3.56. The first-order valence-electron chi connectivity index (χ1n) is 4.64. The van der Waals surface area contributed by atoms with Crippen LogP contribution in [0.5, 0.6) is 0 Å². The fourth-order valence-electron chi connectivity index (χ4n) is 1.22. The predicted octanol–water partition coefficient (Wildman–Crippen LogP) is 1.13. The topological polar surface area (TPSA) is 79.1 Å². The summed E-state index contributed by atoms with van der Waals surface area (Å²) in [5, 5.41) is 8.80. The average Bonchev–Trinajstić information content (AvgIpc) is 1.99. The maximum atomic E-state index is 11.5. The molecule has 15 heavy (non-hydrogen) atoms. The molecule has 1 atom stereocenters. The highest BCUT2D eigenvalue weighted by atomic mass is 16.4. The van der Waals surface area contributed by atoms with Crippen molar-refractivity contribution in [1.82, 2.24) is 0 Å². The molecule has 0 fully saturated rings. The Labute approximate surface area is 87.9 Å². The quantitative estimate of drug-likeness (QED) is 0.659. The first-order valence-corrected chi connectivity index (χ1v) is 4.64. The minimum atomic E-state index is -1.21. The molecule has 82 valence electrons. The summed E-state index contributed by atoms with van der Waals surface area (Å²) in [5.74, 6) is -2.66. The lowest BCUT2D eigenvalue weighted by Gasteiger charge is -2.22. The van der Waals surface area contributed by atoms with Gasteiger partial charge in [-0.05, 0) is 6.92 Å². The number of rotatable bonds is 1. The van der Waals surface area contributed by atoms with Gasteiger partial charge in [0.1, 0.15) is 5.84 Å². The Morgan fingerprint density at radius 1 is 1.33 bits per heavy atom. The first-order chi connectivity index (χ1) is 6.73. The van der Waals surface area contributed by atoms with Gasteiger partial charge in [-0.1, -0.05) is 20.8 Å². The molecule has 1 heterocycles. The first kappa shape index (κ1) is 11.6. The van der Waals surface area contributed by atoms with Crippen molar-refractivity contribution in [2.45, 2.75) is 27.7 Å². The van der Waals surface area contributed by atoms with Crippen LogP contribution in [0.15, 0.2) is 9.98 Å². The van der Waals surface area contributed by atoms with E-state index in [2.05, 4.69) is 9.98 Å². The predicted molar refractivity (Wildman–Crippen MR) is 56.1 cm³/mol. The van der Waals surface area contributed by atoms with Gasteiger partial charge < -0.3 is 5.11 Å². The highest BCUT2D eigenvalue weighted by Crippen LogP contribution is 2.22. The van der Waals surface area contributed by atoms with Gasteiger partial charge in [0, 0.05) is 11.1 Å². The number of carbonyl (C=O) groups excluding carboxylic acids is 1. The number of carboxylic acid groups (broad SMARTS) is 1. The van der Waals surface area contributed by atoms with Crippen molar-refractivity contribution in [3.63, 3.8) is 0 Å². The Balaban J connectivity index is 3.11. The van der Waals surface area contributed by atoms with Gasteiger partial charge in [0.2, 0.25) is 0 Å². The number of aliphatic imine (C=N–C) groups is 2. The highest BCUT2D eigenvalue weighted by Gasteiger charge is 2.35. The molecule has 0 saturated heterocycles. The highest BCUT2D eigenvalue weighted by molar-refractivity contribution is 6.24. The molecule has 0 radical (unpaired) electrons. The summed E-state index contributed by atoms with van der Waals surface area (Å²) in [5.41, 5.74) is -0.0483. The van der Waals surface area contributed by atoms with Crippen LogP contribution < -0.4 is 0 Å². The number of amidine groups is 1. The minimum Gasteiger partial charge on any atom is -0.480 e. The molecule has 1 N–H and O–H groups in total. The second-order valence-electron chi connectivity index (χ2n) is 4.55. The molecule has 5 heteroatoms. The van der Waals surface area contributed by atoms with Gasteiger partial charge in [-0.25, -0.2) is 4.99 Å². The summed E-state index contributed by atoms with van der Waals surface area (Å²) in [7, 11) is 0. The summed E-state index contributed by atoms with van der Waals surface area (Å²) >= 11 is 0. The van der Waals surface area contributed by atoms with Gasteiger partial charge in [0.15, 0.2) is 5.92 Å². The lowest BCUT2D eigenvalue weighted by Crippen LogP contribution is -2.36. The SMILES string of the molecule is CC1=NC(C(C)(C)C)=NC(=O)C1C(=O)O. The van der Waals surface area contributed by atoms with Crippen molar-refractivity contribution in [2.24, 2.45) is 21.3 Å². The van der Waals surface area contributed by atoms with E-state index in [1.807, 2.05) is 20.8 Å². The number of nitrogens with zero attached hydrogens (tertiary/aromatic N) is 2. The molecular weight excluding hydrogens is 196 g/mol. The van der Waals surface area contributed by atoms with Crippen LogP contribution in [0.1, 0.15) is 27.7 Å². The summed E-state index contributed by atoms with van der Waals surface area (Å²) in [6, 6.07) is 0. The van der Waals surface area contributed by atoms with Gasteiger partial charge in [-0.2, -0.15) is 4.99 Å². The average molecular weight is 210 g/mol. The Hall–Kier alpha value is -1.52. The lowest BCUT2D eigenvalue weighted by molar-refractivity contribution is -0.143. The third-order valence-corrected chi connectivity index (χ3v) is 2.08. The zero-order valence-corrected chi connectivity index (χ0v) is 9.24. The molecule has 1 rings (SSSR count). The molecule has 5 nitrogen and oxygen atoms in total. The fraction of sp³-hybridized carbons (Fsp3) is 0.600. The van der Waals surface area contributed by atoms with Crippen molar-refractivity contribution in [1.29, 1.82) is 0 Å². The summed E-state index contributed by atoms with van der Waals surface area (Å²) in [4.78, 5) is 30.0. The van der Waals surface area contributed by atoms with E-state index >= 15 is 0 Å². The lowest BCUT2D eigenvalue weighted by atomic mass is 9.92. The Morgan fingerprint density at radius 2 is 1.87 bits per heavy atom. The van der Waals surface area contributed by atoms with E-state index in [-0.39, 0.29) is 5.41 Å². The van der Waals surface area contributed by atoms with E-state index in [1.54, 1.807) is 0 Å². The molecule has 1 aliphatic heterocycles. The van der Waals surface area contributed by atoms with E-state index in [1.165, 1.54) is 6.92 Å². The second-order valence-corrected chi connectivity index (χ2v) is 4.55. The van der Waals surface area contributed by atoms with Crippen LogP contribution in [0, 0.1) is 11.3 Å². The molecule has 0 aromatic carbocycles. The Morgan fingerprint density at radius 3 is 2.20 bits per heavy atom. The number of carboxylic acids is 1. The number of amides is 1. The molecular formula is C10H14N2O3. The number of hydrogen-bond donors (Lipinski definition) is 1. The maximum Gasteiger partial charge on any atom is 0.321 e. The van der Waals surface area contributed by atoms with Crippen LogP contribution in [0.4, 0.5) is 0 Å². The van der Waals surface area contributed by atoms with Crippen molar-refractivity contribution >= 4 is 23.4 Å². The zero-order chi connectivity index (χ0) is 11.8. The zero-order valence-electron chi connectivity index (χ0n) is 9.24. The molecule has 1 unspecified atom stereocenters. The van der Waals surface area contributed by atoms with Crippen molar-refractivity contribution in [2.75, 3.05) is 0 Å². The van der Waals surface area contributed by atoms with E-state index in [0.717, 1.165) is 0 Å². The standard InChI is InChI=1S/C10H14N2O3/c1-5-6(8(14)15)7(13)12-9(11-5)10(2,3)4/h6H,1-4H3,(H,14,15). The molecule has 0 aromatic heterocycles. The van der Waals surface area contributed by atoms with E-state index < -0.39 is 17.8 Å². The van der Waals surface area contributed by atoms with Gasteiger partial charge in [0.05, 0.1) is 0 Å². The van der Waals surface area contributed by atoms with Gasteiger partial charge in [-0.3, -0.25) is 9.59 Å². The molecule has 1 aliphatic rings. The molecule has 0 aromatic rings. The van der Waals surface area contributed by atoms with Crippen molar-refractivity contribution in [3.8, 4) is 0 Å². The van der Waals surface area contributed by atoms with E-state index in [9.17, 15) is 9.59 Å². The number of carbonyl (C=O) groups is 2. The minimum absolute atomic E-state index is 0.299. The largest absolute Gasteiger partial charge is 0.480 e. The summed E-state index contributed by atoms with van der Waals surface area (Å²) in [6.45, 7) is 7.15. The van der Waals surface area contributed by atoms with Gasteiger partial charge in [-0.15, -0.1) is 0 Å². The maximum absolute atomic E-state index is 11.5. The van der Waals surface area contributed by atoms with Crippen LogP contribution in [0.25, 0.3) is 0 Å². The molecule has 0 bridgehead atoms. The fourth-order valence-corrected chi connectivity index (χ4v) is 1.22. The van der Waals surface area contributed by atoms with Crippen LogP contribution in [0.3, 0.4) is 0 Å². The van der Waals surface area contributed by atoms with Crippen LogP contribution >= 0.6 is 0 Å². The van der Waals surface area contributed by atoms with Crippen LogP contribution in [-0.4, -0.2) is 28.5 Å².